The first-order chi connectivity index (χ1) is 22.3. The van der Waals surface area contributed by atoms with Gasteiger partial charge >= 0.3 is 0 Å². The molecule has 1 N–H and O–H groups in total. The van der Waals surface area contributed by atoms with Crippen molar-refractivity contribution in [2.24, 2.45) is 5.92 Å². The summed E-state index contributed by atoms with van der Waals surface area (Å²) in [6, 6.07) is 52.7. The van der Waals surface area contributed by atoms with E-state index in [1.165, 1.54) is 10.4 Å². The fourth-order valence-electron chi connectivity index (χ4n) is 7.27. The molecule has 1 fully saturated rings. The SMILES string of the molecule is C=C1C(O)CC(O[Si](c2ccccc2)(c2ccccc2)C(C)(C)C)C1COC(c1ccccc1)(c1ccccc1)c1ccccc1. The van der Waals surface area contributed by atoms with E-state index in [2.05, 4.69) is 161 Å². The summed E-state index contributed by atoms with van der Waals surface area (Å²) in [6.07, 6.45) is -0.475. The van der Waals surface area contributed by atoms with Crippen LogP contribution in [0, 0.1) is 5.92 Å². The third kappa shape index (κ3) is 5.83. The molecular formula is C42H44O3Si. The Hall–Kier alpha value is -4.06. The quantitative estimate of drug-likeness (QED) is 0.0976. The van der Waals surface area contributed by atoms with Crippen LogP contribution < -0.4 is 10.4 Å². The third-order valence-electron chi connectivity index (χ3n) is 9.57. The first-order valence-corrected chi connectivity index (χ1v) is 18.1. The van der Waals surface area contributed by atoms with Crippen LogP contribution in [0.1, 0.15) is 43.9 Å². The van der Waals surface area contributed by atoms with E-state index in [1.807, 2.05) is 18.2 Å². The summed E-state index contributed by atoms with van der Waals surface area (Å²) in [6.45, 7) is 11.6. The average molecular weight is 625 g/mol. The molecule has 0 radical (unpaired) electrons. The van der Waals surface area contributed by atoms with E-state index in [4.69, 9.17) is 9.16 Å². The predicted molar refractivity (Wildman–Crippen MR) is 191 cm³/mol. The molecule has 0 bridgehead atoms. The van der Waals surface area contributed by atoms with Gasteiger partial charge in [0.1, 0.15) is 5.60 Å². The smallest absolute Gasteiger partial charge is 0.261 e. The molecule has 5 aromatic carbocycles. The Morgan fingerprint density at radius 1 is 0.630 bits per heavy atom. The second kappa shape index (κ2) is 13.3. The normalized spacial score (nSPS) is 18.9. The van der Waals surface area contributed by atoms with Crippen LogP contribution in [0.4, 0.5) is 0 Å². The lowest BCUT2D eigenvalue weighted by Crippen LogP contribution is -2.68. The maximum atomic E-state index is 11.3. The molecule has 1 aliphatic rings. The van der Waals surface area contributed by atoms with Crippen molar-refractivity contribution in [3.05, 3.63) is 181 Å². The molecule has 1 saturated carbocycles. The van der Waals surface area contributed by atoms with Crippen molar-refractivity contribution in [1.29, 1.82) is 0 Å². The van der Waals surface area contributed by atoms with Crippen LogP contribution in [0.15, 0.2) is 164 Å². The Bertz CT molecular complexity index is 1560. The summed E-state index contributed by atoms with van der Waals surface area (Å²) in [5, 5.41) is 13.6. The second-order valence-electron chi connectivity index (χ2n) is 13.3. The highest BCUT2D eigenvalue weighted by Gasteiger charge is 2.54. The van der Waals surface area contributed by atoms with Gasteiger partial charge in [0, 0.05) is 12.3 Å². The molecule has 234 valence electrons. The molecular weight excluding hydrogens is 581 g/mol. The van der Waals surface area contributed by atoms with E-state index >= 15 is 0 Å². The minimum absolute atomic E-state index is 0.197. The highest BCUT2D eigenvalue weighted by atomic mass is 28.4. The molecule has 1 aliphatic carbocycles. The Morgan fingerprint density at radius 3 is 1.37 bits per heavy atom. The van der Waals surface area contributed by atoms with Crippen LogP contribution in [-0.2, 0) is 14.8 Å². The molecule has 0 aliphatic heterocycles. The Morgan fingerprint density at radius 2 is 1.00 bits per heavy atom. The van der Waals surface area contributed by atoms with E-state index in [-0.39, 0.29) is 17.1 Å². The Labute approximate surface area is 275 Å². The number of hydrogen-bond donors (Lipinski definition) is 1. The van der Waals surface area contributed by atoms with E-state index in [9.17, 15) is 5.11 Å². The molecule has 3 unspecified atom stereocenters. The first-order valence-electron chi connectivity index (χ1n) is 16.2. The van der Waals surface area contributed by atoms with Crippen molar-refractivity contribution in [2.75, 3.05) is 6.61 Å². The highest BCUT2D eigenvalue weighted by molar-refractivity contribution is 6.99. The maximum Gasteiger partial charge on any atom is 0.261 e. The molecule has 0 spiro atoms. The van der Waals surface area contributed by atoms with Gasteiger partial charge in [-0.25, -0.2) is 0 Å². The lowest BCUT2D eigenvalue weighted by atomic mass is 9.80. The van der Waals surface area contributed by atoms with Crippen molar-refractivity contribution in [2.45, 2.75) is 50.0 Å². The summed E-state index contributed by atoms with van der Waals surface area (Å²) in [4.78, 5) is 0. The van der Waals surface area contributed by atoms with E-state index < -0.39 is 20.0 Å². The zero-order valence-electron chi connectivity index (χ0n) is 27.1. The molecule has 3 nitrogen and oxygen atoms in total. The lowest BCUT2D eigenvalue weighted by molar-refractivity contribution is -0.0197. The zero-order valence-corrected chi connectivity index (χ0v) is 28.1. The van der Waals surface area contributed by atoms with Crippen LogP contribution >= 0.6 is 0 Å². The topological polar surface area (TPSA) is 38.7 Å². The van der Waals surface area contributed by atoms with E-state index in [0.29, 0.717) is 13.0 Å². The summed E-state index contributed by atoms with van der Waals surface area (Å²) in [5.41, 5.74) is 3.02. The van der Waals surface area contributed by atoms with E-state index in [0.717, 1.165) is 22.3 Å². The number of benzene rings is 5. The lowest BCUT2D eigenvalue weighted by Gasteiger charge is -2.46. The molecule has 3 atom stereocenters. The van der Waals surface area contributed by atoms with Gasteiger partial charge in [0.25, 0.3) is 8.32 Å². The van der Waals surface area contributed by atoms with Gasteiger partial charge in [0.05, 0.1) is 18.8 Å². The second-order valence-corrected chi connectivity index (χ2v) is 17.6. The maximum absolute atomic E-state index is 11.3. The minimum atomic E-state index is -2.89. The van der Waals surface area contributed by atoms with Gasteiger partial charge in [-0.2, -0.15) is 0 Å². The van der Waals surface area contributed by atoms with Gasteiger partial charge in [-0.3, -0.25) is 0 Å². The molecule has 0 heterocycles. The van der Waals surface area contributed by atoms with Gasteiger partial charge in [0.2, 0.25) is 0 Å². The molecule has 0 aromatic heterocycles. The molecule has 46 heavy (non-hydrogen) atoms. The molecule has 5 aromatic rings. The van der Waals surface area contributed by atoms with Crippen molar-refractivity contribution in [1.82, 2.24) is 0 Å². The van der Waals surface area contributed by atoms with Gasteiger partial charge in [-0.15, -0.1) is 0 Å². The summed E-state index contributed by atoms with van der Waals surface area (Å²) in [5.74, 6) is -0.216. The van der Waals surface area contributed by atoms with Gasteiger partial charge in [-0.1, -0.05) is 179 Å². The van der Waals surface area contributed by atoms with E-state index in [1.54, 1.807) is 0 Å². The molecule has 0 saturated heterocycles. The van der Waals surface area contributed by atoms with Gasteiger partial charge in [-0.05, 0) is 37.7 Å². The molecule has 0 amide bonds. The number of aliphatic hydroxyl groups excluding tert-OH is 1. The van der Waals surface area contributed by atoms with Crippen LogP contribution in [0.2, 0.25) is 5.04 Å². The number of aliphatic hydroxyl groups is 1. The first kappa shape index (κ1) is 31.9. The third-order valence-corrected chi connectivity index (χ3v) is 14.6. The monoisotopic (exact) mass is 624 g/mol. The predicted octanol–water partition coefficient (Wildman–Crippen LogP) is 7.88. The Kier molecular flexibility index (Phi) is 9.26. The summed E-state index contributed by atoms with van der Waals surface area (Å²) in [7, 11) is -2.89. The fraction of sp³-hybridized carbons (Fsp3) is 0.238. The molecule has 6 rings (SSSR count). The molecule has 4 heteroatoms. The van der Waals surface area contributed by atoms with Crippen LogP contribution in [0.5, 0.6) is 0 Å². The summed E-state index contributed by atoms with van der Waals surface area (Å²) < 4.78 is 14.9. The standard InChI is InChI=1S/C42H44O3Si/c1-32-38(31-44-42(33-20-10-5-11-21-33,34-22-12-6-13-23-34)35-24-14-7-15-25-35)40(30-39(32)43)45-46(41(2,3)4,36-26-16-8-17-27-36)37-28-18-9-19-29-37/h5-29,38-40,43H,1,30-31H2,2-4H3. The van der Waals surface area contributed by atoms with Crippen molar-refractivity contribution >= 4 is 18.7 Å². The van der Waals surface area contributed by atoms with Crippen LogP contribution in [-0.4, -0.2) is 32.2 Å². The number of hydrogen-bond acceptors (Lipinski definition) is 3. The number of rotatable bonds is 10. The minimum Gasteiger partial charge on any atom is -0.404 e. The van der Waals surface area contributed by atoms with Gasteiger partial charge < -0.3 is 14.3 Å². The van der Waals surface area contributed by atoms with Crippen molar-refractivity contribution in [3.8, 4) is 0 Å². The highest BCUT2D eigenvalue weighted by Crippen LogP contribution is 2.45. The zero-order chi connectivity index (χ0) is 32.2. The average Bonchev–Trinajstić information content (AvgIpc) is 3.36. The largest absolute Gasteiger partial charge is 0.404 e. The van der Waals surface area contributed by atoms with Crippen LogP contribution in [0.25, 0.3) is 0 Å². The van der Waals surface area contributed by atoms with Gasteiger partial charge in [0.15, 0.2) is 0 Å². The summed E-state index contributed by atoms with van der Waals surface area (Å²) >= 11 is 0. The Balaban J connectivity index is 1.45. The van der Waals surface area contributed by atoms with Crippen molar-refractivity contribution < 1.29 is 14.3 Å². The number of ether oxygens (including phenoxy) is 1. The van der Waals surface area contributed by atoms with Crippen LogP contribution in [0.3, 0.4) is 0 Å². The van der Waals surface area contributed by atoms with Crippen molar-refractivity contribution in [3.63, 3.8) is 0 Å². The fourth-order valence-corrected chi connectivity index (χ4v) is 12.0.